The number of aromatic nitrogens is 3. The van der Waals surface area contributed by atoms with Gasteiger partial charge >= 0.3 is 0 Å². The van der Waals surface area contributed by atoms with Crippen molar-refractivity contribution in [1.82, 2.24) is 15.0 Å². The van der Waals surface area contributed by atoms with Crippen LogP contribution < -0.4 is 0 Å². The molecule has 0 aliphatic carbocycles. The molecule has 0 saturated carbocycles. The van der Waals surface area contributed by atoms with Crippen LogP contribution in [0.3, 0.4) is 0 Å². The second-order valence-electron chi connectivity index (χ2n) is 2.50. The second kappa shape index (κ2) is 3.18. The summed E-state index contributed by atoms with van der Waals surface area (Å²) in [6.07, 6.45) is 3.65. The predicted molar refractivity (Wildman–Crippen MR) is 48.9 cm³/mol. The first-order valence-corrected chi connectivity index (χ1v) is 3.84. The Balaban J connectivity index is 2.57. The van der Waals surface area contributed by atoms with E-state index >= 15 is 0 Å². The quantitative estimate of drug-likeness (QED) is 0.504. The number of aldehydes is 1. The maximum Gasteiger partial charge on any atom is 0.144 e. The Bertz CT molecular complexity index is 459. The highest BCUT2D eigenvalue weighted by Crippen LogP contribution is 2.09. The third kappa shape index (κ3) is 1.33. The van der Waals surface area contributed by atoms with E-state index in [0.29, 0.717) is 6.29 Å². The number of hydrogen-bond donors (Lipinski definition) is 0. The van der Waals surface area contributed by atoms with Crippen LogP contribution in [0.1, 0.15) is 0 Å². The molecule has 0 N–H and O–H groups in total. The molecule has 4 nitrogen and oxygen atoms in total. The van der Waals surface area contributed by atoms with Crippen molar-refractivity contribution in [3.63, 3.8) is 0 Å². The zero-order chi connectivity index (χ0) is 9.10. The molecule has 0 aliphatic heterocycles. The van der Waals surface area contributed by atoms with Gasteiger partial charge in [0, 0.05) is 6.20 Å². The summed E-state index contributed by atoms with van der Waals surface area (Å²) in [5.41, 5.74) is 1.71. The van der Waals surface area contributed by atoms with Crippen LogP contribution >= 0.6 is 0 Å². The molecule has 13 heavy (non-hydrogen) atoms. The fourth-order valence-corrected chi connectivity index (χ4v) is 1.11. The summed E-state index contributed by atoms with van der Waals surface area (Å²) in [6, 6.07) is 7.56. The Kier molecular flexibility index (Phi) is 1.88. The molecular weight excluding hydrogens is 166 g/mol. The lowest BCUT2D eigenvalue weighted by Crippen LogP contribution is -1.88. The number of nitrogens with zero attached hydrogens (tertiary/aromatic N) is 3. The third-order valence-corrected chi connectivity index (χ3v) is 1.68. The average molecular weight is 173 g/mol. The minimum absolute atomic E-state index is 0.705. The van der Waals surface area contributed by atoms with Crippen LogP contribution in [0.2, 0.25) is 0 Å². The van der Waals surface area contributed by atoms with Gasteiger partial charge in [-0.2, -0.15) is 0 Å². The molecule has 0 fully saturated rings. The highest BCUT2D eigenvalue weighted by atomic mass is 16.1. The van der Waals surface area contributed by atoms with Crippen molar-refractivity contribution in [3.8, 4) is 0 Å². The summed E-state index contributed by atoms with van der Waals surface area (Å²) in [5, 5.41) is 7.77. The standard InChI is InChI=1S/C9H7N3O/c13-7-3-6-12-9-5-2-1-4-8(9)10-11-12/h1-7H/b6-3+. The molecule has 0 bridgehead atoms. The number of fused-ring (bicyclic) bond motifs is 1. The Hall–Kier alpha value is -1.97. The topological polar surface area (TPSA) is 47.8 Å². The molecule has 4 heteroatoms. The summed E-state index contributed by atoms with van der Waals surface area (Å²) in [6.45, 7) is 0. The summed E-state index contributed by atoms with van der Waals surface area (Å²) < 4.78 is 1.56. The molecule has 0 aliphatic rings. The van der Waals surface area contributed by atoms with E-state index in [4.69, 9.17) is 0 Å². The van der Waals surface area contributed by atoms with Gasteiger partial charge in [0.15, 0.2) is 0 Å². The summed E-state index contributed by atoms with van der Waals surface area (Å²) in [5.74, 6) is 0. The monoisotopic (exact) mass is 173 g/mol. The number of carbonyl (C=O) groups excluding carboxylic acids is 1. The van der Waals surface area contributed by atoms with E-state index in [9.17, 15) is 4.79 Å². The summed E-state index contributed by atoms with van der Waals surface area (Å²) >= 11 is 0. The van der Waals surface area contributed by atoms with Crippen LogP contribution in [0.4, 0.5) is 0 Å². The van der Waals surface area contributed by atoms with Gasteiger partial charge in [-0.05, 0) is 18.2 Å². The van der Waals surface area contributed by atoms with E-state index in [2.05, 4.69) is 10.3 Å². The number of rotatable bonds is 2. The minimum atomic E-state index is 0.705. The van der Waals surface area contributed by atoms with Crippen molar-refractivity contribution in [2.75, 3.05) is 0 Å². The van der Waals surface area contributed by atoms with Gasteiger partial charge in [0.2, 0.25) is 0 Å². The molecule has 1 aromatic carbocycles. The van der Waals surface area contributed by atoms with Gasteiger partial charge in [-0.3, -0.25) is 4.79 Å². The maximum atomic E-state index is 10.1. The number of benzene rings is 1. The molecule has 2 aromatic rings. The van der Waals surface area contributed by atoms with Crippen molar-refractivity contribution in [1.29, 1.82) is 0 Å². The van der Waals surface area contributed by atoms with Crippen LogP contribution in [0, 0.1) is 0 Å². The van der Waals surface area contributed by atoms with Crippen LogP contribution in [-0.2, 0) is 4.79 Å². The van der Waals surface area contributed by atoms with Gasteiger partial charge in [-0.25, -0.2) is 4.68 Å². The van der Waals surface area contributed by atoms with E-state index in [-0.39, 0.29) is 0 Å². The highest BCUT2D eigenvalue weighted by molar-refractivity contribution is 5.78. The van der Waals surface area contributed by atoms with E-state index < -0.39 is 0 Å². The first-order chi connectivity index (χ1) is 6.42. The lowest BCUT2D eigenvalue weighted by molar-refractivity contribution is -0.104. The number of allylic oxidation sites excluding steroid dienone is 1. The molecule has 64 valence electrons. The Morgan fingerprint density at radius 2 is 2.15 bits per heavy atom. The van der Waals surface area contributed by atoms with Crippen molar-refractivity contribution in [2.45, 2.75) is 0 Å². The van der Waals surface area contributed by atoms with Crippen LogP contribution in [0.15, 0.2) is 30.3 Å². The van der Waals surface area contributed by atoms with Gasteiger partial charge < -0.3 is 0 Å². The largest absolute Gasteiger partial charge is 0.299 e. The van der Waals surface area contributed by atoms with Crippen LogP contribution in [-0.4, -0.2) is 21.3 Å². The van der Waals surface area contributed by atoms with Crippen molar-refractivity contribution in [2.24, 2.45) is 0 Å². The van der Waals surface area contributed by atoms with Gasteiger partial charge in [0.1, 0.15) is 11.8 Å². The molecule has 0 atom stereocenters. The zero-order valence-electron chi connectivity index (χ0n) is 6.79. The fraction of sp³-hybridized carbons (Fsp3) is 0. The molecule has 0 radical (unpaired) electrons. The maximum absolute atomic E-state index is 10.1. The van der Waals surface area contributed by atoms with Crippen LogP contribution in [0.5, 0.6) is 0 Å². The molecule has 0 saturated heterocycles. The van der Waals surface area contributed by atoms with Crippen LogP contribution in [0.25, 0.3) is 17.2 Å². The van der Waals surface area contributed by atoms with E-state index in [1.165, 1.54) is 6.08 Å². The zero-order valence-corrected chi connectivity index (χ0v) is 6.79. The smallest absolute Gasteiger partial charge is 0.144 e. The predicted octanol–water partition coefficient (Wildman–Crippen LogP) is 1.10. The van der Waals surface area contributed by atoms with Gasteiger partial charge in [-0.1, -0.05) is 17.3 Å². The molecule has 1 aromatic heterocycles. The van der Waals surface area contributed by atoms with Gasteiger partial charge in [-0.15, -0.1) is 5.10 Å². The lowest BCUT2D eigenvalue weighted by Gasteiger charge is -1.90. The molecule has 2 rings (SSSR count). The normalized spacial score (nSPS) is 11.1. The van der Waals surface area contributed by atoms with Gasteiger partial charge in [0.05, 0.1) is 5.52 Å². The van der Waals surface area contributed by atoms with E-state index in [1.807, 2.05) is 24.3 Å². The molecular formula is C9H7N3O. The van der Waals surface area contributed by atoms with Crippen molar-refractivity contribution in [3.05, 3.63) is 30.3 Å². The molecule has 0 spiro atoms. The average Bonchev–Trinajstić information content (AvgIpc) is 2.58. The number of hydrogen-bond acceptors (Lipinski definition) is 3. The summed E-state index contributed by atoms with van der Waals surface area (Å²) in [4.78, 5) is 10.1. The minimum Gasteiger partial charge on any atom is -0.299 e. The van der Waals surface area contributed by atoms with Gasteiger partial charge in [0.25, 0.3) is 0 Å². The summed E-state index contributed by atoms with van der Waals surface area (Å²) in [7, 11) is 0. The van der Waals surface area contributed by atoms with Crippen molar-refractivity contribution < 1.29 is 4.79 Å². The Morgan fingerprint density at radius 1 is 1.31 bits per heavy atom. The highest BCUT2D eigenvalue weighted by Gasteiger charge is 1.98. The second-order valence-corrected chi connectivity index (χ2v) is 2.50. The Morgan fingerprint density at radius 3 is 3.00 bits per heavy atom. The van der Waals surface area contributed by atoms with E-state index in [0.717, 1.165) is 11.0 Å². The van der Waals surface area contributed by atoms with E-state index in [1.54, 1.807) is 10.9 Å². The third-order valence-electron chi connectivity index (χ3n) is 1.68. The Labute approximate surface area is 74.5 Å². The van der Waals surface area contributed by atoms with Crippen molar-refractivity contribution >= 4 is 23.5 Å². The molecule has 1 heterocycles. The molecule has 0 unspecified atom stereocenters. The SMILES string of the molecule is O=C/C=C/n1nnc2ccccc21. The fourth-order valence-electron chi connectivity index (χ4n) is 1.11. The lowest BCUT2D eigenvalue weighted by atomic mass is 10.3. The number of carbonyl (C=O) groups is 1. The molecule has 0 amide bonds. The number of para-hydroxylation sites is 1. The first-order valence-electron chi connectivity index (χ1n) is 3.84. The first kappa shape index (κ1) is 7.67.